The van der Waals surface area contributed by atoms with E-state index in [1.807, 2.05) is 43.4 Å². The number of phenols is 1. The van der Waals surface area contributed by atoms with E-state index in [1.165, 1.54) is 0 Å². The molecule has 1 aromatic rings. The van der Waals surface area contributed by atoms with Gasteiger partial charge in [0.1, 0.15) is 5.75 Å². The van der Waals surface area contributed by atoms with Gasteiger partial charge in [-0.3, -0.25) is 4.99 Å². The first-order chi connectivity index (χ1) is 7.26. The number of nitrogens with zero attached hydrogens (tertiary/aromatic N) is 1. The number of hydrogen-bond acceptors (Lipinski definition) is 2. The predicted octanol–water partition coefficient (Wildman–Crippen LogP) is 3.05. The van der Waals surface area contributed by atoms with Gasteiger partial charge in [-0.1, -0.05) is 24.3 Å². The molecule has 0 fully saturated rings. The molecule has 0 spiro atoms. The number of rotatable bonds is 3. The Hall–Kier alpha value is -1.83. The van der Waals surface area contributed by atoms with E-state index < -0.39 is 0 Å². The third-order valence-electron chi connectivity index (χ3n) is 1.94. The Labute approximate surface area is 90.3 Å². The van der Waals surface area contributed by atoms with Crippen LogP contribution in [-0.2, 0) is 0 Å². The lowest BCUT2D eigenvalue weighted by atomic mass is 10.2. The molecule has 0 amide bonds. The summed E-state index contributed by atoms with van der Waals surface area (Å²) >= 11 is 0. The van der Waals surface area contributed by atoms with Crippen LogP contribution in [0.5, 0.6) is 5.75 Å². The van der Waals surface area contributed by atoms with Gasteiger partial charge in [0.25, 0.3) is 0 Å². The van der Waals surface area contributed by atoms with Crippen LogP contribution in [-0.4, -0.2) is 17.9 Å². The highest BCUT2D eigenvalue weighted by molar-refractivity contribution is 6.06. The van der Waals surface area contributed by atoms with Crippen LogP contribution in [0.2, 0.25) is 0 Å². The van der Waals surface area contributed by atoms with Gasteiger partial charge in [-0.15, -0.1) is 0 Å². The lowest BCUT2D eigenvalue weighted by molar-refractivity contribution is 0.475. The Morgan fingerprint density at radius 2 is 1.87 bits per heavy atom. The van der Waals surface area contributed by atoms with Crippen LogP contribution in [0.15, 0.2) is 47.5 Å². The van der Waals surface area contributed by atoms with Gasteiger partial charge in [0.05, 0.1) is 5.71 Å². The quantitative estimate of drug-likeness (QED) is 0.749. The van der Waals surface area contributed by atoms with Gasteiger partial charge in [-0.2, -0.15) is 0 Å². The van der Waals surface area contributed by atoms with Crippen LogP contribution in [0.4, 0.5) is 0 Å². The average molecular weight is 201 g/mol. The van der Waals surface area contributed by atoms with Crippen LogP contribution < -0.4 is 0 Å². The third-order valence-corrected chi connectivity index (χ3v) is 1.94. The molecule has 0 aliphatic rings. The number of aromatic hydroxyl groups is 1. The molecule has 0 aromatic heterocycles. The fraction of sp³-hybridized carbons (Fsp3) is 0.154. The fourth-order valence-corrected chi connectivity index (χ4v) is 1.14. The maximum Gasteiger partial charge on any atom is 0.115 e. The summed E-state index contributed by atoms with van der Waals surface area (Å²) in [5.74, 6) is 0.282. The molecule has 0 aliphatic carbocycles. The fourth-order valence-electron chi connectivity index (χ4n) is 1.14. The minimum Gasteiger partial charge on any atom is -0.508 e. The summed E-state index contributed by atoms with van der Waals surface area (Å²) in [6.45, 7) is 1.96. The number of aliphatic imine (C=N–C) groups is 1. The summed E-state index contributed by atoms with van der Waals surface area (Å²) in [6.07, 6.45) is 7.79. The standard InChI is InChI=1S/C13H15NO/c1-3-4-12(14-2)8-5-11-6-9-13(15)10-7-11/h3-10,15H,1-2H3/b4-3-,8-5+,14-12?. The Kier molecular flexibility index (Phi) is 4.35. The van der Waals surface area contributed by atoms with Gasteiger partial charge in [-0.05, 0) is 36.8 Å². The van der Waals surface area contributed by atoms with Crippen LogP contribution >= 0.6 is 0 Å². The first-order valence-electron chi connectivity index (χ1n) is 4.83. The summed E-state index contributed by atoms with van der Waals surface area (Å²) in [5.41, 5.74) is 1.96. The highest BCUT2D eigenvalue weighted by atomic mass is 16.3. The van der Waals surface area contributed by atoms with Crippen LogP contribution in [0.3, 0.4) is 0 Å². The first kappa shape index (κ1) is 11.2. The Bertz CT molecular complexity index is 386. The minimum absolute atomic E-state index is 0.282. The van der Waals surface area contributed by atoms with Crippen molar-refractivity contribution >= 4 is 11.8 Å². The predicted molar refractivity (Wildman–Crippen MR) is 65.3 cm³/mol. The molecule has 2 heteroatoms. The first-order valence-corrected chi connectivity index (χ1v) is 4.83. The number of benzene rings is 1. The van der Waals surface area contributed by atoms with Crippen molar-refractivity contribution in [3.05, 3.63) is 48.1 Å². The average Bonchev–Trinajstić information content (AvgIpc) is 2.26. The van der Waals surface area contributed by atoms with E-state index in [2.05, 4.69) is 4.99 Å². The van der Waals surface area contributed by atoms with Gasteiger partial charge in [0.2, 0.25) is 0 Å². The molecule has 1 N–H and O–H groups in total. The largest absolute Gasteiger partial charge is 0.508 e. The van der Waals surface area contributed by atoms with Gasteiger partial charge < -0.3 is 5.11 Å². The maximum absolute atomic E-state index is 9.11. The monoisotopic (exact) mass is 201 g/mol. The number of allylic oxidation sites excluding steroid dienone is 3. The minimum atomic E-state index is 0.282. The molecular formula is C13H15NO. The van der Waals surface area contributed by atoms with E-state index in [1.54, 1.807) is 19.2 Å². The van der Waals surface area contributed by atoms with Crippen molar-refractivity contribution in [1.82, 2.24) is 0 Å². The highest BCUT2D eigenvalue weighted by Gasteiger charge is 1.89. The molecule has 2 nitrogen and oxygen atoms in total. The van der Waals surface area contributed by atoms with E-state index in [-0.39, 0.29) is 5.75 Å². The molecule has 0 aliphatic heterocycles. The van der Waals surface area contributed by atoms with E-state index in [0.717, 1.165) is 11.3 Å². The van der Waals surface area contributed by atoms with Crippen LogP contribution in [0.1, 0.15) is 12.5 Å². The van der Waals surface area contributed by atoms with Crippen molar-refractivity contribution in [2.24, 2.45) is 4.99 Å². The molecule has 0 atom stereocenters. The summed E-state index contributed by atoms with van der Waals surface area (Å²) < 4.78 is 0. The third kappa shape index (κ3) is 3.81. The maximum atomic E-state index is 9.11. The van der Waals surface area contributed by atoms with E-state index in [9.17, 15) is 0 Å². The molecule has 0 unspecified atom stereocenters. The molecule has 0 saturated carbocycles. The van der Waals surface area contributed by atoms with E-state index >= 15 is 0 Å². The van der Waals surface area contributed by atoms with Gasteiger partial charge in [0.15, 0.2) is 0 Å². The molecule has 78 valence electrons. The van der Waals surface area contributed by atoms with Gasteiger partial charge in [0, 0.05) is 7.05 Å². The van der Waals surface area contributed by atoms with Gasteiger partial charge in [-0.25, -0.2) is 0 Å². The molecule has 0 heterocycles. The number of phenolic OH excluding ortho intramolecular Hbond substituents is 1. The van der Waals surface area contributed by atoms with Crippen molar-refractivity contribution < 1.29 is 5.11 Å². The smallest absolute Gasteiger partial charge is 0.115 e. The Morgan fingerprint density at radius 1 is 1.20 bits per heavy atom. The zero-order valence-electron chi connectivity index (χ0n) is 9.01. The zero-order valence-corrected chi connectivity index (χ0v) is 9.01. The molecule has 0 radical (unpaired) electrons. The van der Waals surface area contributed by atoms with E-state index in [0.29, 0.717) is 0 Å². The van der Waals surface area contributed by atoms with Crippen LogP contribution in [0.25, 0.3) is 6.08 Å². The van der Waals surface area contributed by atoms with Crippen molar-refractivity contribution in [3.63, 3.8) is 0 Å². The molecule has 15 heavy (non-hydrogen) atoms. The Morgan fingerprint density at radius 3 is 2.40 bits per heavy atom. The summed E-state index contributed by atoms with van der Waals surface area (Å²) in [6, 6.07) is 7.04. The molecule has 0 bridgehead atoms. The second-order valence-electron chi connectivity index (χ2n) is 3.07. The van der Waals surface area contributed by atoms with Crippen molar-refractivity contribution in [2.75, 3.05) is 7.05 Å². The van der Waals surface area contributed by atoms with Gasteiger partial charge >= 0.3 is 0 Å². The normalized spacial score (nSPS) is 12.8. The molecule has 1 aromatic carbocycles. The van der Waals surface area contributed by atoms with Crippen molar-refractivity contribution in [2.45, 2.75) is 6.92 Å². The summed E-state index contributed by atoms with van der Waals surface area (Å²) in [7, 11) is 1.76. The lowest BCUT2D eigenvalue weighted by Crippen LogP contribution is -1.85. The van der Waals surface area contributed by atoms with Crippen LogP contribution in [0, 0.1) is 0 Å². The zero-order chi connectivity index (χ0) is 11.1. The summed E-state index contributed by atoms with van der Waals surface area (Å²) in [4.78, 5) is 4.10. The van der Waals surface area contributed by atoms with Crippen molar-refractivity contribution in [1.29, 1.82) is 0 Å². The molecule has 0 saturated heterocycles. The second kappa shape index (κ2) is 5.81. The molecule has 1 rings (SSSR count). The topological polar surface area (TPSA) is 32.6 Å². The lowest BCUT2D eigenvalue weighted by Gasteiger charge is -1.94. The second-order valence-corrected chi connectivity index (χ2v) is 3.07. The summed E-state index contributed by atoms with van der Waals surface area (Å²) in [5, 5.41) is 9.11. The molecular weight excluding hydrogens is 186 g/mol. The SMILES string of the molecule is C/C=C\C(/C=C/c1ccc(O)cc1)=NC. The highest BCUT2D eigenvalue weighted by Crippen LogP contribution is 2.10. The van der Waals surface area contributed by atoms with E-state index in [4.69, 9.17) is 5.11 Å². The Balaban J connectivity index is 2.76. The van der Waals surface area contributed by atoms with Crippen molar-refractivity contribution in [3.8, 4) is 5.75 Å². The number of hydrogen-bond donors (Lipinski definition) is 1.